The summed E-state index contributed by atoms with van der Waals surface area (Å²) in [6.07, 6.45) is 0. The summed E-state index contributed by atoms with van der Waals surface area (Å²) < 4.78 is 35.6. The van der Waals surface area contributed by atoms with Crippen molar-refractivity contribution < 1.29 is 22.7 Å². The van der Waals surface area contributed by atoms with Crippen molar-refractivity contribution in [3.63, 3.8) is 0 Å². The Hall–Kier alpha value is -1.84. The number of rotatable bonds is 6. The van der Waals surface area contributed by atoms with E-state index in [1.165, 1.54) is 18.4 Å². The van der Waals surface area contributed by atoms with Crippen molar-refractivity contribution in [2.75, 3.05) is 45.5 Å². The summed E-state index contributed by atoms with van der Waals surface area (Å²) in [5.74, 6) is 0.353. The Bertz CT molecular complexity index is 660. The molecule has 1 saturated heterocycles. The topological polar surface area (TPSA) is 97.0 Å². The molecule has 0 aromatic heterocycles. The number of benzene rings is 1. The van der Waals surface area contributed by atoms with Gasteiger partial charge in [-0.2, -0.15) is 0 Å². The Morgan fingerprint density at radius 3 is 2.54 bits per heavy atom. The lowest BCUT2D eigenvalue weighted by atomic mass is 10.1. The van der Waals surface area contributed by atoms with Gasteiger partial charge in [0.15, 0.2) is 0 Å². The van der Waals surface area contributed by atoms with Crippen LogP contribution in [0, 0.1) is 5.92 Å². The fourth-order valence-electron chi connectivity index (χ4n) is 2.35. The molecule has 8 nitrogen and oxygen atoms in total. The second-order valence-corrected chi connectivity index (χ2v) is 8.02. The van der Waals surface area contributed by atoms with E-state index < -0.39 is 16.1 Å². The Labute approximate surface area is 142 Å². The molecule has 0 radical (unpaired) electrons. The van der Waals surface area contributed by atoms with Gasteiger partial charge in [0, 0.05) is 25.7 Å². The largest absolute Gasteiger partial charge is 0.497 e. The zero-order chi connectivity index (χ0) is 17.7. The van der Waals surface area contributed by atoms with Crippen LogP contribution in [0.1, 0.15) is 0 Å². The van der Waals surface area contributed by atoms with Gasteiger partial charge in [-0.15, -0.1) is 0 Å². The predicted molar refractivity (Wildman–Crippen MR) is 90.7 cm³/mol. The molecule has 2 amide bonds. The van der Waals surface area contributed by atoms with Gasteiger partial charge in [0.25, 0.3) is 0 Å². The molecule has 2 atom stereocenters. The molecule has 9 heteroatoms. The first-order valence-electron chi connectivity index (χ1n) is 7.51. The Morgan fingerprint density at radius 1 is 1.29 bits per heavy atom. The summed E-state index contributed by atoms with van der Waals surface area (Å²) in [7, 11) is 1.20. The number of nitrogens with one attached hydrogen (secondary N) is 2. The third kappa shape index (κ3) is 4.83. The van der Waals surface area contributed by atoms with Crippen LogP contribution in [0.15, 0.2) is 24.3 Å². The zero-order valence-corrected chi connectivity index (χ0v) is 14.8. The molecule has 1 aliphatic heterocycles. The number of nitrogens with zero attached hydrogens (tertiary/aromatic N) is 1. The maximum Gasteiger partial charge on any atom is 0.319 e. The zero-order valence-electron chi connectivity index (χ0n) is 14.0. The summed E-state index contributed by atoms with van der Waals surface area (Å²) in [5, 5.41) is 5.48. The van der Waals surface area contributed by atoms with Crippen LogP contribution >= 0.6 is 0 Å². The van der Waals surface area contributed by atoms with E-state index in [1.807, 2.05) is 0 Å². The summed E-state index contributed by atoms with van der Waals surface area (Å²) in [5.41, 5.74) is 0.615. The van der Waals surface area contributed by atoms with Crippen LogP contribution in [0.3, 0.4) is 0 Å². The van der Waals surface area contributed by atoms with Crippen LogP contribution in [-0.4, -0.2) is 65.0 Å². The number of urea groups is 1. The van der Waals surface area contributed by atoms with Crippen LogP contribution in [0.25, 0.3) is 0 Å². The minimum absolute atomic E-state index is 0.0620. The number of anilines is 1. The lowest BCUT2D eigenvalue weighted by molar-refractivity contribution is 0.184. The van der Waals surface area contributed by atoms with Gasteiger partial charge in [0.1, 0.15) is 5.75 Å². The minimum Gasteiger partial charge on any atom is -0.497 e. The molecule has 134 valence electrons. The molecule has 0 aliphatic carbocycles. The number of sulfonamides is 1. The molecule has 1 heterocycles. The maximum absolute atomic E-state index is 12.1. The smallest absolute Gasteiger partial charge is 0.319 e. The summed E-state index contributed by atoms with van der Waals surface area (Å²) in [6.45, 7) is 0.601. The van der Waals surface area contributed by atoms with Crippen LogP contribution in [-0.2, 0) is 14.8 Å². The molecule has 0 saturated carbocycles. The molecular weight excluding hydrogens is 334 g/mol. The molecule has 2 N–H and O–H groups in total. The van der Waals surface area contributed by atoms with Gasteiger partial charge < -0.3 is 20.1 Å². The number of amides is 2. The van der Waals surface area contributed by atoms with Gasteiger partial charge in [-0.3, -0.25) is 0 Å². The van der Waals surface area contributed by atoms with Gasteiger partial charge >= 0.3 is 6.03 Å². The first-order chi connectivity index (χ1) is 11.3. The summed E-state index contributed by atoms with van der Waals surface area (Å²) >= 11 is 0. The van der Waals surface area contributed by atoms with Crippen molar-refractivity contribution >= 4 is 21.7 Å². The van der Waals surface area contributed by atoms with Crippen LogP contribution in [0.2, 0.25) is 0 Å². The van der Waals surface area contributed by atoms with Crippen LogP contribution in [0.4, 0.5) is 10.5 Å². The van der Waals surface area contributed by atoms with E-state index in [4.69, 9.17) is 9.47 Å². The molecular formula is C15H23N3O5S. The average Bonchev–Trinajstić information content (AvgIpc) is 2.94. The van der Waals surface area contributed by atoms with E-state index in [0.717, 1.165) is 0 Å². The molecule has 1 fully saturated rings. The summed E-state index contributed by atoms with van der Waals surface area (Å²) in [4.78, 5) is 12.1. The number of ether oxygens (including phenoxy) is 2. The van der Waals surface area contributed by atoms with Crippen molar-refractivity contribution in [2.24, 2.45) is 5.92 Å². The number of carbonyl (C=O) groups is 1. The van der Waals surface area contributed by atoms with Gasteiger partial charge in [0.05, 0.1) is 32.1 Å². The molecule has 1 aliphatic rings. The van der Waals surface area contributed by atoms with E-state index in [9.17, 15) is 13.2 Å². The Balaban J connectivity index is 1.92. The molecule has 0 bridgehead atoms. The van der Waals surface area contributed by atoms with Crippen molar-refractivity contribution in [3.8, 4) is 5.75 Å². The first kappa shape index (κ1) is 18.5. The quantitative estimate of drug-likeness (QED) is 0.782. The molecule has 1 aromatic carbocycles. The van der Waals surface area contributed by atoms with E-state index in [2.05, 4.69) is 10.6 Å². The standard InChI is InChI=1S/C15H23N3O5S/c1-18(2)24(20,21)10-11-8-23-9-14(11)17-15(19)16-12-4-6-13(22-3)7-5-12/h4-7,11,14H,8-10H2,1-3H3,(H2,16,17,19)/t11-,14+/m0/s1. The van der Waals surface area contributed by atoms with Crippen molar-refractivity contribution in [3.05, 3.63) is 24.3 Å². The lowest BCUT2D eigenvalue weighted by Crippen LogP contribution is -2.45. The summed E-state index contributed by atoms with van der Waals surface area (Å²) in [6, 6.07) is 6.16. The normalized spacial score (nSPS) is 20.8. The van der Waals surface area contributed by atoms with Crippen molar-refractivity contribution in [2.45, 2.75) is 6.04 Å². The number of hydrogen-bond acceptors (Lipinski definition) is 5. The van der Waals surface area contributed by atoms with Crippen LogP contribution in [0.5, 0.6) is 5.75 Å². The SMILES string of the molecule is COc1ccc(NC(=O)N[C@@H]2COC[C@H]2CS(=O)(=O)N(C)C)cc1. The van der Waals surface area contributed by atoms with Crippen molar-refractivity contribution in [1.29, 1.82) is 0 Å². The average molecular weight is 357 g/mol. The predicted octanol–water partition coefficient (Wildman–Crippen LogP) is 0.723. The maximum atomic E-state index is 12.1. The highest BCUT2D eigenvalue weighted by Gasteiger charge is 2.34. The number of methoxy groups -OCH3 is 1. The van der Waals surface area contributed by atoms with E-state index >= 15 is 0 Å². The highest BCUT2D eigenvalue weighted by Crippen LogP contribution is 2.18. The highest BCUT2D eigenvalue weighted by atomic mass is 32.2. The van der Waals surface area contributed by atoms with Gasteiger partial charge in [-0.25, -0.2) is 17.5 Å². The molecule has 0 unspecified atom stereocenters. The minimum atomic E-state index is -3.35. The van der Waals surface area contributed by atoms with Gasteiger partial charge in [-0.1, -0.05) is 0 Å². The fraction of sp³-hybridized carbons (Fsp3) is 0.533. The van der Waals surface area contributed by atoms with Crippen LogP contribution < -0.4 is 15.4 Å². The fourth-order valence-corrected chi connectivity index (χ4v) is 3.52. The molecule has 2 rings (SSSR count). The lowest BCUT2D eigenvalue weighted by Gasteiger charge is -2.21. The third-order valence-electron chi connectivity index (χ3n) is 3.84. The van der Waals surface area contributed by atoms with E-state index in [1.54, 1.807) is 31.4 Å². The Kier molecular flexibility index (Phi) is 6.03. The monoisotopic (exact) mass is 357 g/mol. The third-order valence-corrected chi connectivity index (χ3v) is 5.81. The number of carbonyl (C=O) groups excluding carboxylic acids is 1. The van der Waals surface area contributed by atoms with Gasteiger partial charge in [-0.05, 0) is 24.3 Å². The van der Waals surface area contributed by atoms with Crippen molar-refractivity contribution in [1.82, 2.24) is 9.62 Å². The molecule has 0 spiro atoms. The van der Waals surface area contributed by atoms with E-state index in [0.29, 0.717) is 24.7 Å². The first-order valence-corrected chi connectivity index (χ1v) is 9.12. The van der Waals surface area contributed by atoms with Gasteiger partial charge in [0.2, 0.25) is 10.0 Å². The second kappa shape index (κ2) is 7.82. The highest BCUT2D eigenvalue weighted by molar-refractivity contribution is 7.89. The van der Waals surface area contributed by atoms with E-state index in [-0.39, 0.29) is 17.7 Å². The molecule has 24 heavy (non-hydrogen) atoms. The second-order valence-electron chi connectivity index (χ2n) is 5.79. The number of hydrogen-bond donors (Lipinski definition) is 2. The Morgan fingerprint density at radius 2 is 1.96 bits per heavy atom. The molecule has 1 aromatic rings.